The maximum absolute atomic E-state index is 6.04. The first-order valence-electron chi connectivity index (χ1n) is 10.8. The zero-order valence-electron chi connectivity index (χ0n) is 19.4. The number of unbranched alkanes of at least 4 members (excludes halogenated alkanes) is 3. The van der Waals surface area contributed by atoms with Crippen LogP contribution in [0.5, 0.6) is 17.4 Å². The first-order valence-corrected chi connectivity index (χ1v) is 10.8. The van der Waals surface area contributed by atoms with Crippen LogP contribution < -0.4 is 14.2 Å². The molecule has 0 aliphatic carbocycles. The van der Waals surface area contributed by atoms with Gasteiger partial charge in [0, 0.05) is 13.1 Å². The van der Waals surface area contributed by atoms with E-state index in [-0.39, 0.29) is 0 Å². The molecule has 0 bridgehead atoms. The quantitative estimate of drug-likeness (QED) is 0.183. The molecule has 1 aromatic heterocycles. The lowest BCUT2D eigenvalue weighted by Gasteiger charge is -2.14. The minimum absolute atomic E-state index is 0.586. The number of aryl methyl sites for hydroxylation is 3. The van der Waals surface area contributed by atoms with Crippen molar-refractivity contribution >= 4 is 6.21 Å². The molecule has 2 aromatic rings. The SMILES string of the molecule is C/C=C/COc1cc(C)c(OCCCCCCOc2cc(/C=N/OC)nn2C)c(C)c1. The summed E-state index contributed by atoms with van der Waals surface area (Å²) in [6.07, 6.45) is 9.73. The van der Waals surface area contributed by atoms with E-state index in [1.807, 2.05) is 44.3 Å². The Bertz CT molecular complexity index is 835. The van der Waals surface area contributed by atoms with Crippen molar-refractivity contribution in [2.75, 3.05) is 26.9 Å². The van der Waals surface area contributed by atoms with E-state index < -0.39 is 0 Å². The van der Waals surface area contributed by atoms with Crippen molar-refractivity contribution in [3.63, 3.8) is 0 Å². The van der Waals surface area contributed by atoms with E-state index in [0.29, 0.717) is 25.5 Å². The Labute approximate surface area is 185 Å². The first kappa shape index (κ1) is 24.3. The molecule has 1 aromatic carbocycles. The van der Waals surface area contributed by atoms with Crippen molar-refractivity contribution in [3.05, 3.63) is 47.2 Å². The molecule has 0 radical (unpaired) electrons. The summed E-state index contributed by atoms with van der Waals surface area (Å²) in [7, 11) is 3.35. The topological polar surface area (TPSA) is 67.1 Å². The van der Waals surface area contributed by atoms with Gasteiger partial charge < -0.3 is 19.0 Å². The van der Waals surface area contributed by atoms with Crippen LogP contribution in [0.3, 0.4) is 0 Å². The third-order valence-corrected chi connectivity index (χ3v) is 4.70. The molecule has 7 nitrogen and oxygen atoms in total. The molecule has 7 heteroatoms. The molecule has 0 atom stereocenters. The summed E-state index contributed by atoms with van der Waals surface area (Å²) in [4.78, 5) is 4.67. The minimum Gasteiger partial charge on any atom is -0.493 e. The van der Waals surface area contributed by atoms with Crippen LogP contribution in [0, 0.1) is 13.8 Å². The van der Waals surface area contributed by atoms with Gasteiger partial charge in [0.25, 0.3) is 0 Å². The predicted molar refractivity (Wildman–Crippen MR) is 123 cm³/mol. The van der Waals surface area contributed by atoms with Crippen LogP contribution in [0.25, 0.3) is 0 Å². The third kappa shape index (κ3) is 8.36. The minimum atomic E-state index is 0.586. The maximum atomic E-state index is 6.04. The predicted octanol–water partition coefficient (Wildman–Crippen LogP) is 4.99. The highest BCUT2D eigenvalue weighted by molar-refractivity contribution is 5.76. The monoisotopic (exact) mass is 429 g/mol. The summed E-state index contributed by atoms with van der Waals surface area (Å²) in [5.41, 5.74) is 2.92. The van der Waals surface area contributed by atoms with E-state index >= 15 is 0 Å². The second-order valence-corrected chi connectivity index (χ2v) is 7.33. The van der Waals surface area contributed by atoms with Gasteiger partial charge >= 0.3 is 0 Å². The average Bonchev–Trinajstić information content (AvgIpc) is 3.09. The van der Waals surface area contributed by atoms with Gasteiger partial charge in [-0.15, -0.1) is 0 Å². The Morgan fingerprint density at radius 3 is 2.29 bits per heavy atom. The fourth-order valence-corrected chi connectivity index (χ4v) is 3.15. The lowest BCUT2D eigenvalue weighted by Crippen LogP contribution is -2.04. The number of rotatable bonds is 14. The van der Waals surface area contributed by atoms with Gasteiger partial charge in [-0.25, -0.2) is 4.68 Å². The highest BCUT2D eigenvalue weighted by atomic mass is 16.6. The largest absolute Gasteiger partial charge is 0.493 e. The smallest absolute Gasteiger partial charge is 0.212 e. The van der Waals surface area contributed by atoms with Gasteiger partial charge in [0.15, 0.2) is 0 Å². The fraction of sp³-hybridized carbons (Fsp3) is 0.500. The van der Waals surface area contributed by atoms with Gasteiger partial charge in [0.05, 0.1) is 19.4 Å². The second-order valence-electron chi connectivity index (χ2n) is 7.33. The van der Waals surface area contributed by atoms with E-state index in [1.165, 1.54) is 7.11 Å². The number of aromatic nitrogens is 2. The van der Waals surface area contributed by atoms with E-state index in [1.54, 1.807) is 10.9 Å². The Hall–Kier alpha value is -2.96. The Morgan fingerprint density at radius 1 is 0.968 bits per heavy atom. The summed E-state index contributed by atoms with van der Waals surface area (Å²) in [5, 5.41) is 8.00. The van der Waals surface area contributed by atoms with Crippen molar-refractivity contribution in [1.82, 2.24) is 9.78 Å². The van der Waals surface area contributed by atoms with Crippen LogP contribution in [0.4, 0.5) is 0 Å². The molecule has 0 spiro atoms. The van der Waals surface area contributed by atoms with E-state index in [0.717, 1.165) is 54.2 Å². The molecular formula is C24H35N3O4. The summed E-state index contributed by atoms with van der Waals surface area (Å²) in [6, 6.07) is 5.92. The van der Waals surface area contributed by atoms with Crippen LogP contribution in [0.1, 0.15) is 49.4 Å². The second kappa shape index (κ2) is 13.4. The average molecular weight is 430 g/mol. The lowest BCUT2D eigenvalue weighted by atomic mass is 10.1. The van der Waals surface area contributed by atoms with Crippen LogP contribution in [-0.2, 0) is 11.9 Å². The highest BCUT2D eigenvalue weighted by Gasteiger charge is 2.08. The van der Waals surface area contributed by atoms with Gasteiger partial charge in [0.1, 0.15) is 30.9 Å². The van der Waals surface area contributed by atoms with Gasteiger partial charge in [-0.3, -0.25) is 0 Å². The number of benzene rings is 1. The van der Waals surface area contributed by atoms with Gasteiger partial charge in [-0.05, 0) is 69.7 Å². The molecule has 0 saturated carbocycles. The van der Waals surface area contributed by atoms with E-state index in [4.69, 9.17) is 14.2 Å². The third-order valence-electron chi connectivity index (χ3n) is 4.70. The van der Waals surface area contributed by atoms with Crippen molar-refractivity contribution in [1.29, 1.82) is 0 Å². The maximum Gasteiger partial charge on any atom is 0.212 e. The number of oxime groups is 1. The van der Waals surface area contributed by atoms with Crippen LogP contribution in [0.2, 0.25) is 0 Å². The first-order chi connectivity index (χ1) is 15.0. The number of hydrogen-bond acceptors (Lipinski definition) is 6. The number of hydrogen-bond donors (Lipinski definition) is 0. The van der Waals surface area contributed by atoms with Crippen LogP contribution >= 0.6 is 0 Å². The zero-order valence-corrected chi connectivity index (χ0v) is 19.4. The normalized spacial score (nSPS) is 11.4. The number of allylic oxidation sites excluding steroid dienone is 1. The molecule has 0 N–H and O–H groups in total. The summed E-state index contributed by atoms with van der Waals surface area (Å²) >= 11 is 0. The van der Waals surface area contributed by atoms with Crippen LogP contribution in [0.15, 0.2) is 35.5 Å². The summed E-state index contributed by atoms with van der Waals surface area (Å²) in [6.45, 7) is 8.07. The summed E-state index contributed by atoms with van der Waals surface area (Å²) in [5.74, 6) is 2.57. The Balaban J connectivity index is 1.63. The van der Waals surface area contributed by atoms with Crippen molar-refractivity contribution in [3.8, 4) is 17.4 Å². The highest BCUT2D eigenvalue weighted by Crippen LogP contribution is 2.28. The zero-order chi connectivity index (χ0) is 22.5. The van der Waals surface area contributed by atoms with Gasteiger partial charge in [-0.1, -0.05) is 17.3 Å². The van der Waals surface area contributed by atoms with Gasteiger partial charge in [0.2, 0.25) is 5.88 Å². The van der Waals surface area contributed by atoms with E-state index in [2.05, 4.69) is 28.9 Å². The molecule has 0 saturated heterocycles. The molecule has 1 heterocycles. The summed E-state index contributed by atoms with van der Waals surface area (Å²) < 4.78 is 19.3. The molecule has 0 aliphatic rings. The molecule has 0 amide bonds. The van der Waals surface area contributed by atoms with Crippen molar-refractivity contribution in [2.45, 2.75) is 46.5 Å². The van der Waals surface area contributed by atoms with Crippen LogP contribution in [-0.4, -0.2) is 42.9 Å². The number of nitrogens with zero attached hydrogens (tertiary/aromatic N) is 3. The molecule has 170 valence electrons. The Morgan fingerprint density at radius 2 is 1.65 bits per heavy atom. The van der Waals surface area contributed by atoms with E-state index in [9.17, 15) is 0 Å². The van der Waals surface area contributed by atoms with Gasteiger partial charge in [-0.2, -0.15) is 5.10 Å². The molecule has 0 fully saturated rings. The Kier molecular flexibility index (Phi) is 10.5. The molecule has 0 unspecified atom stereocenters. The van der Waals surface area contributed by atoms with Crippen molar-refractivity contribution < 1.29 is 19.0 Å². The molecular weight excluding hydrogens is 394 g/mol. The molecule has 0 aliphatic heterocycles. The van der Waals surface area contributed by atoms with Crippen molar-refractivity contribution in [2.24, 2.45) is 12.2 Å². The lowest BCUT2D eigenvalue weighted by molar-refractivity contribution is 0.215. The molecule has 2 rings (SSSR count). The standard InChI is InChI=1S/C24H35N3O4/c1-6-7-12-29-22-15-19(2)24(20(3)16-22)31-14-11-9-8-10-13-30-23-17-21(18-25-28-5)26-27(23)4/h6-7,15-18H,8-14H2,1-5H3/b7-6+,25-18+. The number of ether oxygens (including phenoxy) is 3. The molecule has 31 heavy (non-hydrogen) atoms. The fourth-order valence-electron chi connectivity index (χ4n) is 3.15.